The van der Waals surface area contributed by atoms with Crippen LogP contribution in [0.5, 0.6) is 0 Å². The average Bonchev–Trinajstić information content (AvgIpc) is 2.49. The minimum atomic E-state index is -1.20. The zero-order valence-electron chi connectivity index (χ0n) is 5.75. The second-order valence-corrected chi connectivity index (χ2v) is 2.83. The van der Waals surface area contributed by atoms with Crippen LogP contribution < -0.4 is 0 Å². The maximum absolute atomic E-state index is 11.1. The number of carbonyl (C=O) groups is 2. The number of H-pyrrole nitrogens is 1. The number of imidazole rings is 1. The summed E-state index contributed by atoms with van der Waals surface area (Å²) in [5.41, 5.74) is 0. The molecule has 0 amide bonds. The van der Waals surface area contributed by atoms with Gasteiger partial charge in [0.05, 0.1) is 0 Å². The summed E-state index contributed by atoms with van der Waals surface area (Å²) in [5, 5.41) is -1.04. The first kappa shape index (κ1) is 9.22. The maximum atomic E-state index is 11.1. The lowest BCUT2D eigenvalue weighted by Crippen LogP contribution is -2.17. The second kappa shape index (κ2) is 3.69. The standard InChI is InChI=1S/C6H4Cl2N2O2/c7-3(2-11)5(12)6-9-1-4(8)10-6/h1-3H,(H,9,10). The minimum Gasteiger partial charge on any atom is -0.341 e. The number of Topliss-reactive ketones (excluding diaryl/α,β-unsaturated/α-hetero) is 1. The molecule has 0 saturated carbocycles. The number of carbonyl (C=O) groups excluding carboxylic acids is 2. The molecule has 0 fully saturated rings. The summed E-state index contributed by atoms with van der Waals surface area (Å²) in [6, 6.07) is 0. The van der Waals surface area contributed by atoms with Gasteiger partial charge < -0.3 is 9.78 Å². The van der Waals surface area contributed by atoms with E-state index in [9.17, 15) is 9.59 Å². The number of rotatable bonds is 3. The summed E-state index contributed by atoms with van der Waals surface area (Å²) in [7, 11) is 0. The second-order valence-electron chi connectivity index (χ2n) is 1.97. The van der Waals surface area contributed by atoms with Crippen molar-refractivity contribution in [1.29, 1.82) is 0 Å². The fourth-order valence-corrected chi connectivity index (χ4v) is 0.860. The summed E-state index contributed by atoms with van der Waals surface area (Å²) < 4.78 is 0. The summed E-state index contributed by atoms with van der Waals surface area (Å²) in [6.45, 7) is 0. The molecule has 1 aromatic heterocycles. The van der Waals surface area contributed by atoms with Crippen LogP contribution in [0.25, 0.3) is 0 Å². The normalized spacial score (nSPS) is 12.5. The molecule has 1 N–H and O–H groups in total. The molecule has 0 aliphatic carbocycles. The highest BCUT2D eigenvalue weighted by Crippen LogP contribution is 2.07. The van der Waals surface area contributed by atoms with Gasteiger partial charge in [-0.05, 0) is 0 Å². The van der Waals surface area contributed by atoms with Crippen molar-refractivity contribution in [1.82, 2.24) is 9.97 Å². The lowest BCUT2D eigenvalue weighted by atomic mass is 10.3. The Balaban J connectivity index is 2.84. The molecule has 1 rings (SSSR count). The third-order valence-corrected chi connectivity index (χ3v) is 1.64. The van der Waals surface area contributed by atoms with Crippen molar-refractivity contribution in [2.45, 2.75) is 5.38 Å². The van der Waals surface area contributed by atoms with Crippen molar-refractivity contribution < 1.29 is 9.59 Å². The van der Waals surface area contributed by atoms with Gasteiger partial charge in [-0.2, -0.15) is 0 Å². The van der Waals surface area contributed by atoms with Gasteiger partial charge in [0.25, 0.3) is 0 Å². The Labute approximate surface area is 77.9 Å². The molecule has 0 saturated heterocycles. The van der Waals surface area contributed by atoms with Crippen LogP contribution in [0, 0.1) is 0 Å². The van der Waals surface area contributed by atoms with Gasteiger partial charge in [0, 0.05) is 6.20 Å². The van der Waals surface area contributed by atoms with Crippen molar-refractivity contribution in [2.75, 3.05) is 0 Å². The van der Waals surface area contributed by atoms with Gasteiger partial charge in [-0.25, -0.2) is 4.98 Å². The highest BCUT2D eigenvalue weighted by Gasteiger charge is 2.19. The molecular weight excluding hydrogens is 203 g/mol. The van der Waals surface area contributed by atoms with E-state index in [1.165, 1.54) is 6.20 Å². The summed E-state index contributed by atoms with van der Waals surface area (Å²) >= 11 is 10.8. The topological polar surface area (TPSA) is 62.8 Å². The van der Waals surface area contributed by atoms with Crippen LogP contribution in [0.4, 0.5) is 0 Å². The van der Waals surface area contributed by atoms with Crippen molar-refractivity contribution in [3.63, 3.8) is 0 Å². The molecule has 0 radical (unpaired) electrons. The number of aromatic amines is 1. The highest BCUT2D eigenvalue weighted by molar-refractivity contribution is 6.41. The first-order valence-electron chi connectivity index (χ1n) is 2.99. The van der Waals surface area contributed by atoms with Gasteiger partial charge in [-0.15, -0.1) is 11.6 Å². The number of nitrogens with one attached hydrogen (secondary N) is 1. The zero-order chi connectivity index (χ0) is 9.14. The molecule has 0 aliphatic rings. The van der Waals surface area contributed by atoms with Gasteiger partial charge in [0.15, 0.2) is 11.2 Å². The molecule has 6 heteroatoms. The zero-order valence-corrected chi connectivity index (χ0v) is 7.26. The van der Waals surface area contributed by atoms with Crippen LogP contribution in [0.3, 0.4) is 0 Å². The fourth-order valence-electron chi connectivity index (χ4n) is 0.618. The number of alkyl halides is 1. The van der Waals surface area contributed by atoms with E-state index in [4.69, 9.17) is 23.2 Å². The van der Waals surface area contributed by atoms with Gasteiger partial charge in [-0.1, -0.05) is 11.6 Å². The minimum absolute atomic E-state index is 0.00731. The molecule has 1 atom stereocenters. The van der Waals surface area contributed by atoms with E-state index in [2.05, 4.69) is 9.97 Å². The summed E-state index contributed by atoms with van der Waals surface area (Å²) in [4.78, 5) is 27.3. The molecule has 1 heterocycles. The number of hydrogen-bond acceptors (Lipinski definition) is 3. The first-order chi connectivity index (χ1) is 5.65. The molecule has 1 unspecified atom stereocenters. The van der Waals surface area contributed by atoms with Gasteiger partial charge in [0.2, 0.25) is 5.78 Å². The van der Waals surface area contributed by atoms with Gasteiger partial charge >= 0.3 is 0 Å². The lowest BCUT2D eigenvalue weighted by molar-refractivity contribution is -0.106. The summed E-state index contributed by atoms with van der Waals surface area (Å²) in [6.07, 6.45) is 1.67. The third-order valence-electron chi connectivity index (χ3n) is 1.15. The molecular formula is C6H4Cl2N2O2. The largest absolute Gasteiger partial charge is 0.341 e. The molecule has 12 heavy (non-hydrogen) atoms. The number of aldehydes is 1. The fraction of sp³-hybridized carbons (Fsp3) is 0.167. The number of aromatic nitrogens is 2. The van der Waals surface area contributed by atoms with Crippen molar-refractivity contribution in [3.8, 4) is 0 Å². The lowest BCUT2D eigenvalue weighted by Gasteiger charge is -1.94. The van der Waals surface area contributed by atoms with E-state index in [1.807, 2.05) is 0 Å². The van der Waals surface area contributed by atoms with Crippen LogP contribution >= 0.6 is 23.2 Å². The Kier molecular flexibility index (Phi) is 2.83. The van der Waals surface area contributed by atoms with Crippen LogP contribution in [0.2, 0.25) is 5.15 Å². The molecule has 0 bridgehead atoms. The van der Waals surface area contributed by atoms with E-state index in [0.717, 1.165) is 0 Å². The predicted octanol–water partition coefficient (Wildman–Crippen LogP) is 1.05. The molecule has 0 aromatic carbocycles. The smallest absolute Gasteiger partial charge is 0.223 e. The van der Waals surface area contributed by atoms with E-state index in [-0.39, 0.29) is 11.0 Å². The Bertz CT molecular complexity index is 310. The first-order valence-corrected chi connectivity index (χ1v) is 3.81. The molecule has 4 nitrogen and oxygen atoms in total. The number of nitrogens with zero attached hydrogens (tertiary/aromatic N) is 1. The molecule has 64 valence electrons. The highest BCUT2D eigenvalue weighted by atomic mass is 35.5. The molecule has 1 aromatic rings. The Morgan fingerprint density at radius 2 is 2.42 bits per heavy atom. The SMILES string of the molecule is O=CC(Cl)C(=O)c1nc(Cl)c[nH]1. The van der Waals surface area contributed by atoms with Crippen LogP contribution in [0.1, 0.15) is 10.6 Å². The Morgan fingerprint density at radius 1 is 1.75 bits per heavy atom. The molecule has 0 aliphatic heterocycles. The summed E-state index contributed by atoms with van der Waals surface area (Å²) in [5.74, 6) is -0.592. The number of halogens is 2. The monoisotopic (exact) mass is 206 g/mol. The van der Waals surface area contributed by atoms with E-state index >= 15 is 0 Å². The third kappa shape index (κ3) is 1.84. The van der Waals surface area contributed by atoms with Gasteiger partial charge in [0.1, 0.15) is 11.4 Å². The number of hydrogen-bond donors (Lipinski definition) is 1. The average molecular weight is 207 g/mol. The Morgan fingerprint density at radius 3 is 2.83 bits per heavy atom. The number of ketones is 1. The van der Waals surface area contributed by atoms with E-state index < -0.39 is 11.2 Å². The van der Waals surface area contributed by atoms with Crippen molar-refractivity contribution in [2.24, 2.45) is 0 Å². The van der Waals surface area contributed by atoms with Crippen LogP contribution in [-0.4, -0.2) is 27.4 Å². The maximum Gasteiger partial charge on any atom is 0.223 e. The van der Waals surface area contributed by atoms with Crippen LogP contribution in [0.15, 0.2) is 6.20 Å². The predicted molar refractivity (Wildman–Crippen MR) is 43.6 cm³/mol. The van der Waals surface area contributed by atoms with E-state index in [1.54, 1.807) is 0 Å². The molecule has 0 spiro atoms. The van der Waals surface area contributed by atoms with Crippen LogP contribution in [-0.2, 0) is 4.79 Å². The van der Waals surface area contributed by atoms with Crippen molar-refractivity contribution in [3.05, 3.63) is 17.2 Å². The Hall–Kier alpha value is -0.870. The van der Waals surface area contributed by atoms with Gasteiger partial charge in [-0.3, -0.25) is 4.79 Å². The van der Waals surface area contributed by atoms with E-state index in [0.29, 0.717) is 6.29 Å². The van der Waals surface area contributed by atoms with Crippen molar-refractivity contribution >= 4 is 35.3 Å². The quantitative estimate of drug-likeness (QED) is 0.348.